The van der Waals surface area contributed by atoms with Crippen LogP contribution in [0.5, 0.6) is 11.6 Å². The Kier molecular flexibility index (Phi) is 3.72. The van der Waals surface area contributed by atoms with Gasteiger partial charge in [0.1, 0.15) is 5.75 Å². The molecule has 14 heavy (non-hydrogen) atoms. The van der Waals surface area contributed by atoms with Crippen LogP contribution in [0.1, 0.15) is 13.3 Å². The van der Waals surface area contributed by atoms with Crippen molar-refractivity contribution in [3.8, 4) is 11.6 Å². The highest BCUT2D eigenvalue weighted by Crippen LogP contribution is 2.16. The van der Waals surface area contributed by atoms with Crippen LogP contribution in [0.2, 0.25) is 0 Å². The van der Waals surface area contributed by atoms with Gasteiger partial charge in [0.05, 0.1) is 6.61 Å². The summed E-state index contributed by atoms with van der Waals surface area (Å²) in [6.45, 7) is 2.61. The lowest BCUT2D eigenvalue weighted by Gasteiger charge is -2.05. The van der Waals surface area contributed by atoms with Crippen molar-refractivity contribution in [2.24, 2.45) is 5.73 Å². The molecule has 1 rings (SSSR count). The molecule has 0 radical (unpaired) electrons. The number of nitrogens with two attached hydrogens (primary N) is 1. The molecule has 0 fully saturated rings. The van der Waals surface area contributed by atoms with Crippen molar-refractivity contribution in [3.63, 3.8) is 0 Å². The number of hydrogen-bond acceptors (Lipinski definition) is 4. The lowest BCUT2D eigenvalue weighted by Crippen LogP contribution is -2.16. The Morgan fingerprint density at radius 3 is 3.07 bits per heavy atom. The van der Waals surface area contributed by atoms with E-state index in [0.29, 0.717) is 12.4 Å². The lowest BCUT2D eigenvalue weighted by atomic mass is 10.4. The summed E-state index contributed by atoms with van der Waals surface area (Å²) in [7, 11) is 0. The average molecular weight is 196 g/mol. The Balaban J connectivity index is 2.63. The maximum Gasteiger partial charge on any atom is 0.411 e. The third-order valence-electron chi connectivity index (χ3n) is 1.38. The van der Waals surface area contributed by atoms with Crippen LogP contribution in [-0.4, -0.2) is 17.7 Å². The number of aromatic nitrogens is 1. The van der Waals surface area contributed by atoms with E-state index in [9.17, 15) is 4.79 Å². The van der Waals surface area contributed by atoms with E-state index in [1.165, 1.54) is 12.3 Å². The van der Waals surface area contributed by atoms with Gasteiger partial charge in [0.25, 0.3) is 0 Å². The summed E-state index contributed by atoms with van der Waals surface area (Å²) >= 11 is 0. The molecule has 0 aromatic carbocycles. The van der Waals surface area contributed by atoms with Crippen LogP contribution in [0.15, 0.2) is 18.3 Å². The van der Waals surface area contributed by atoms with Gasteiger partial charge in [-0.2, -0.15) is 0 Å². The Labute approximate surface area is 81.8 Å². The zero-order valence-electron chi connectivity index (χ0n) is 7.90. The van der Waals surface area contributed by atoms with Crippen LogP contribution in [0.3, 0.4) is 0 Å². The van der Waals surface area contributed by atoms with Gasteiger partial charge in [-0.3, -0.25) is 0 Å². The fourth-order valence-electron chi connectivity index (χ4n) is 0.860. The van der Waals surface area contributed by atoms with Crippen LogP contribution in [0, 0.1) is 0 Å². The predicted octanol–water partition coefficient (Wildman–Crippen LogP) is 1.33. The molecule has 0 unspecified atom stereocenters. The molecule has 1 amide bonds. The summed E-state index contributed by atoms with van der Waals surface area (Å²) in [6.07, 6.45) is 1.52. The number of amides is 1. The van der Waals surface area contributed by atoms with Gasteiger partial charge in [-0.1, -0.05) is 6.92 Å². The second kappa shape index (κ2) is 5.06. The van der Waals surface area contributed by atoms with Gasteiger partial charge in [-0.15, -0.1) is 0 Å². The van der Waals surface area contributed by atoms with E-state index in [1.807, 2.05) is 6.92 Å². The minimum atomic E-state index is -0.884. The molecule has 0 atom stereocenters. The molecule has 5 heteroatoms. The first-order valence-corrected chi connectivity index (χ1v) is 4.28. The Hall–Kier alpha value is -1.78. The molecule has 76 valence electrons. The Morgan fingerprint density at radius 2 is 2.43 bits per heavy atom. The topological polar surface area (TPSA) is 74.4 Å². The first kappa shape index (κ1) is 10.3. The number of nitrogens with zero attached hydrogens (tertiary/aromatic N) is 1. The summed E-state index contributed by atoms with van der Waals surface area (Å²) in [5.41, 5.74) is 4.83. The van der Waals surface area contributed by atoms with Crippen LogP contribution in [0.25, 0.3) is 0 Å². The van der Waals surface area contributed by atoms with Crippen LogP contribution in [-0.2, 0) is 0 Å². The van der Waals surface area contributed by atoms with Crippen molar-refractivity contribution in [1.82, 2.24) is 4.98 Å². The highest BCUT2D eigenvalue weighted by Gasteiger charge is 2.01. The van der Waals surface area contributed by atoms with Crippen LogP contribution >= 0.6 is 0 Å². The van der Waals surface area contributed by atoms with Gasteiger partial charge < -0.3 is 15.2 Å². The molecule has 0 aliphatic carbocycles. The Bertz CT molecular complexity index is 315. The second-order valence-corrected chi connectivity index (χ2v) is 2.60. The molecule has 5 nitrogen and oxygen atoms in total. The molecule has 0 bridgehead atoms. The molecule has 1 heterocycles. The fourth-order valence-corrected chi connectivity index (χ4v) is 0.860. The van der Waals surface area contributed by atoms with E-state index < -0.39 is 6.09 Å². The summed E-state index contributed by atoms with van der Waals surface area (Å²) in [4.78, 5) is 14.2. The predicted molar refractivity (Wildman–Crippen MR) is 50.2 cm³/mol. The normalized spacial score (nSPS) is 9.50. The number of primary amides is 1. The first-order valence-electron chi connectivity index (χ1n) is 4.28. The van der Waals surface area contributed by atoms with Crippen molar-refractivity contribution < 1.29 is 14.3 Å². The summed E-state index contributed by atoms with van der Waals surface area (Å²) in [5, 5.41) is 0. The van der Waals surface area contributed by atoms with Crippen molar-refractivity contribution >= 4 is 6.09 Å². The van der Waals surface area contributed by atoms with Gasteiger partial charge in [0.2, 0.25) is 5.88 Å². The van der Waals surface area contributed by atoms with Crippen molar-refractivity contribution in [2.45, 2.75) is 13.3 Å². The summed E-state index contributed by atoms with van der Waals surface area (Å²) < 4.78 is 9.89. The van der Waals surface area contributed by atoms with Gasteiger partial charge in [-0.05, 0) is 12.5 Å². The van der Waals surface area contributed by atoms with E-state index in [4.69, 9.17) is 10.5 Å². The second-order valence-electron chi connectivity index (χ2n) is 2.60. The minimum Gasteiger partial charge on any atom is -0.493 e. The van der Waals surface area contributed by atoms with Crippen molar-refractivity contribution in [3.05, 3.63) is 18.3 Å². The number of pyridine rings is 1. The fraction of sp³-hybridized carbons (Fsp3) is 0.333. The molecular formula is C9H12N2O3. The highest BCUT2D eigenvalue weighted by molar-refractivity contribution is 5.67. The maximum absolute atomic E-state index is 10.4. The zero-order chi connectivity index (χ0) is 10.4. The lowest BCUT2D eigenvalue weighted by molar-refractivity contribution is 0.208. The van der Waals surface area contributed by atoms with Crippen LogP contribution < -0.4 is 15.2 Å². The van der Waals surface area contributed by atoms with Gasteiger partial charge >= 0.3 is 6.09 Å². The monoisotopic (exact) mass is 196 g/mol. The third kappa shape index (κ3) is 3.30. The van der Waals surface area contributed by atoms with E-state index in [1.54, 1.807) is 6.07 Å². The Morgan fingerprint density at radius 1 is 1.64 bits per heavy atom. The minimum absolute atomic E-state index is 0.145. The number of ether oxygens (including phenoxy) is 2. The van der Waals surface area contributed by atoms with E-state index >= 15 is 0 Å². The van der Waals surface area contributed by atoms with E-state index in [0.717, 1.165) is 6.42 Å². The number of carbonyl (C=O) groups excluding carboxylic acids is 1. The number of rotatable bonds is 4. The number of hydrogen-bond donors (Lipinski definition) is 1. The van der Waals surface area contributed by atoms with Crippen molar-refractivity contribution in [1.29, 1.82) is 0 Å². The molecule has 2 N–H and O–H groups in total. The molecule has 0 saturated heterocycles. The van der Waals surface area contributed by atoms with Gasteiger partial charge in [-0.25, -0.2) is 9.78 Å². The van der Waals surface area contributed by atoms with Crippen molar-refractivity contribution in [2.75, 3.05) is 6.61 Å². The largest absolute Gasteiger partial charge is 0.493 e. The first-order chi connectivity index (χ1) is 6.72. The van der Waals surface area contributed by atoms with Crippen LogP contribution in [0.4, 0.5) is 4.79 Å². The highest BCUT2D eigenvalue weighted by atomic mass is 16.6. The summed E-state index contributed by atoms with van der Waals surface area (Å²) in [5.74, 6) is 0.754. The molecule has 0 aliphatic heterocycles. The SMILES string of the molecule is CCCOc1ccnc(OC(N)=O)c1. The van der Waals surface area contributed by atoms with Gasteiger partial charge in [0.15, 0.2) is 0 Å². The molecule has 0 spiro atoms. The van der Waals surface area contributed by atoms with E-state index in [2.05, 4.69) is 9.72 Å². The quantitative estimate of drug-likeness (QED) is 0.788. The molecule has 1 aromatic rings. The zero-order valence-corrected chi connectivity index (χ0v) is 7.90. The standard InChI is InChI=1S/C9H12N2O3/c1-2-5-13-7-3-4-11-8(6-7)14-9(10)12/h3-4,6H,2,5H2,1H3,(H2,10,12). The molecule has 0 saturated carbocycles. The number of carbonyl (C=O) groups is 1. The molecule has 1 aromatic heterocycles. The maximum atomic E-state index is 10.4. The molecule has 0 aliphatic rings. The van der Waals surface area contributed by atoms with E-state index in [-0.39, 0.29) is 5.88 Å². The smallest absolute Gasteiger partial charge is 0.411 e. The molecular weight excluding hydrogens is 184 g/mol. The summed E-state index contributed by atoms with van der Waals surface area (Å²) in [6, 6.07) is 3.20. The average Bonchev–Trinajstić information content (AvgIpc) is 2.14. The third-order valence-corrected chi connectivity index (χ3v) is 1.38. The van der Waals surface area contributed by atoms with Gasteiger partial charge in [0, 0.05) is 12.3 Å².